The Morgan fingerprint density at radius 3 is 2.88 bits per heavy atom. The maximum Gasteiger partial charge on any atom is 0.247 e. The van der Waals surface area contributed by atoms with Gasteiger partial charge in [-0.3, -0.25) is 9.48 Å². The predicted molar refractivity (Wildman–Crippen MR) is 65.6 cm³/mol. The largest absolute Gasteiger partial charge is 0.316 e. The minimum Gasteiger partial charge on any atom is -0.316 e. The topological polar surface area (TPSA) is 85.8 Å². The molecule has 2 rings (SSSR count). The molecule has 0 fully saturated rings. The van der Waals surface area contributed by atoms with Gasteiger partial charge in [0.15, 0.2) is 5.13 Å². The number of carbonyl (C=O) groups excluding carboxylic acids is 1. The van der Waals surface area contributed by atoms with Gasteiger partial charge < -0.3 is 11.1 Å². The quantitative estimate of drug-likeness (QED) is 0.845. The highest BCUT2D eigenvalue weighted by Crippen LogP contribution is 2.18. The van der Waals surface area contributed by atoms with Crippen molar-refractivity contribution in [3.63, 3.8) is 0 Å². The molecule has 7 heteroatoms. The zero-order valence-corrected chi connectivity index (χ0v) is 10.4. The van der Waals surface area contributed by atoms with Crippen LogP contribution in [0.25, 0.3) is 0 Å². The summed E-state index contributed by atoms with van der Waals surface area (Å²) >= 11 is 1.41. The van der Waals surface area contributed by atoms with E-state index in [1.807, 2.05) is 6.92 Å². The summed E-state index contributed by atoms with van der Waals surface area (Å²) in [6.45, 7) is 1.92. The SMILES string of the molecule is Cc1cnc(NC(=O)C(N)c2cnn(C)c2)s1. The molecule has 0 aromatic carbocycles. The zero-order valence-electron chi connectivity index (χ0n) is 9.54. The lowest BCUT2D eigenvalue weighted by Crippen LogP contribution is -2.27. The number of nitrogens with one attached hydrogen (secondary N) is 1. The Morgan fingerprint density at radius 1 is 1.59 bits per heavy atom. The van der Waals surface area contributed by atoms with Gasteiger partial charge in [-0.1, -0.05) is 0 Å². The molecule has 1 unspecified atom stereocenters. The first-order chi connectivity index (χ1) is 8.06. The summed E-state index contributed by atoms with van der Waals surface area (Å²) in [6, 6.07) is -0.729. The zero-order chi connectivity index (χ0) is 12.4. The van der Waals surface area contributed by atoms with Crippen LogP contribution in [0.4, 0.5) is 5.13 Å². The lowest BCUT2D eigenvalue weighted by Gasteiger charge is -2.07. The Labute approximate surface area is 102 Å². The molecule has 1 atom stereocenters. The fraction of sp³-hybridized carbons (Fsp3) is 0.300. The number of aromatic nitrogens is 3. The minimum atomic E-state index is -0.729. The van der Waals surface area contributed by atoms with E-state index in [2.05, 4.69) is 15.4 Å². The third-order valence-electron chi connectivity index (χ3n) is 2.22. The monoisotopic (exact) mass is 251 g/mol. The number of amides is 1. The smallest absolute Gasteiger partial charge is 0.247 e. The first-order valence-corrected chi connectivity index (χ1v) is 5.85. The van der Waals surface area contributed by atoms with Crippen LogP contribution in [-0.4, -0.2) is 20.7 Å². The molecular weight excluding hydrogens is 238 g/mol. The normalized spacial score (nSPS) is 12.4. The fourth-order valence-electron chi connectivity index (χ4n) is 1.35. The Bertz CT molecular complexity index is 532. The number of hydrogen-bond donors (Lipinski definition) is 2. The molecule has 0 bridgehead atoms. The van der Waals surface area contributed by atoms with Crippen molar-refractivity contribution in [2.45, 2.75) is 13.0 Å². The number of nitrogens with zero attached hydrogens (tertiary/aromatic N) is 3. The first kappa shape index (κ1) is 11.7. The van der Waals surface area contributed by atoms with Gasteiger partial charge in [-0.25, -0.2) is 4.98 Å². The van der Waals surface area contributed by atoms with Crippen LogP contribution in [0.2, 0.25) is 0 Å². The maximum atomic E-state index is 11.8. The van der Waals surface area contributed by atoms with Gasteiger partial charge in [-0.2, -0.15) is 5.10 Å². The van der Waals surface area contributed by atoms with Gasteiger partial charge in [-0.05, 0) is 6.92 Å². The van der Waals surface area contributed by atoms with Gasteiger partial charge in [0.2, 0.25) is 5.91 Å². The highest BCUT2D eigenvalue weighted by Gasteiger charge is 2.18. The number of nitrogens with two attached hydrogens (primary N) is 1. The van der Waals surface area contributed by atoms with Crippen LogP contribution in [0.15, 0.2) is 18.6 Å². The summed E-state index contributed by atoms with van der Waals surface area (Å²) < 4.78 is 1.61. The van der Waals surface area contributed by atoms with Crippen LogP contribution in [-0.2, 0) is 11.8 Å². The summed E-state index contributed by atoms with van der Waals surface area (Å²) in [5, 5.41) is 7.21. The van der Waals surface area contributed by atoms with Gasteiger partial charge >= 0.3 is 0 Å². The average molecular weight is 251 g/mol. The number of thiazole rings is 1. The van der Waals surface area contributed by atoms with Gasteiger partial charge in [0.05, 0.1) is 6.20 Å². The Hall–Kier alpha value is -1.73. The van der Waals surface area contributed by atoms with Crippen molar-refractivity contribution < 1.29 is 4.79 Å². The summed E-state index contributed by atoms with van der Waals surface area (Å²) in [6.07, 6.45) is 5.00. The van der Waals surface area contributed by atoms with Crippen molar-refractivity contribution in [3.05, 3.63) is 29.0 Å². The van der Waals surface area contributed by atoms with E-state index in [1.54, 1.807) is 30.3 Å². The van der Waals surface area contributed by atoms with Crippen molar-refractivity contribution in [3.8, 4) is 0 Å². The van der Waals surface area contributed by atoms with E-state index in [-0.39, 0.29) is 5.91 Å². The molecule has 17 heavy (non-hydrogen) atoms. The summed E-state index contributed by atoms with van der Waals surface area (Å²) in [7, 11) is 1.78. The third-order valence-corrected chi connectivity index (χ3v) is 3.05. The second kappa shape index (κ2) is 4.64. The Morgan fingerprint density at radius 2 is 2.35 bits per heavy atom. The average Bonchev–Trinajstić information content (AvgIpc) is 2.87. The number of hydrogen-bond acceptors (Lipinski definition) is 5. The van der Waals surface area contributed by atoms with Gasteiger partial charge in [-0.15, -0.1) is 11.3 Å². The van der Waals surface area contributed by atoms with Gasteiger partial charge in [0.25, 0.3) is 0 Å². The highest BCUT2D eigenvalue weighted by molar-refractivity contribution is 7.15. The lowest BCUT2D eigenvalue weighted by molar-refractivity contribution is -0.117. The molecule has 6 nitrogen and oxygen atoms in total. The molecule has 0 spiro atoms. The fourth-order valence-corrected chi connectivity index (χ4v) is 2.02. The van der Waals surface area contributed by atoms with Crippen LogP contribution in [0.5, 0.6) is 0 Å². The number of rotatable bonds is 3. The van der Waals surface area contributed by atoms with Crippen molar-refractivity contribution in [1.82, 2.24) is 14.8 Å². The minimum absolute atomic E-state index is 0.285. The van der Waals surface area contributed by atoms with E-state index in [0.717, 1.165) is 4.88 Å². The van der Waals surface area contributed by atoms with Gasteiger partial charge in [0, 0.05) is 29.9 Å². The summed E-state index contributed by atoms with van der Waals surface area (Å²) in [4.78, 5) is 16.9. The molecule has 2 aromatic rings. The van der Waals surface area contributed by atoms with Crippen LogP contribution in [0, 0.1) is 6.92 Å². The Balaban J connectivity index is 2.05. The van der Waals surface area contributed by atoms with Crippen LogP contribution in [0.3, 0.4) is 0 Å². The second-order valence-corrected chi connectivity index (χ2v) is 4.93. The molecular formula is C10H13N5OS. The van der Waals surface area contributed by atoms with E-state index in [9.17, 15) is 4.79 Å². The summed E-state index contributed by atoms with van der Waals surface area (Å²) in [5.74, 6) is -0.285. The molecule has 2 aromatic heterocycles. The molecule has 0 aliphatic heterocycles. The number of aryl methyl sites for hydroxylation is 2. The van der Waals surface area contributed by atoms with Crippen LogP contribution < -0.4 is 11.1 Å². The van der Waals surface area contributed by atoms with Crippen molar-refractivity contribution in [2.75, 3.05) is 5.32 Å². The van der Waals surface area contributed by atoms with Crippen molar-refractivity contribution in [1.29, 1.82) is 0 Å². The number of anilines is 1. The number of carbonyl (C=O) groups is 1. The van der Waals surface area contributed by atoms with E-state index in [4.69, 9.17) is 5.73 Å². The molecule has 2 heterocycles. The van der Waals surface area contributed by atoms with Gasteiger partial charge in [0.1, 0.15) is 6.04 Å². The molecule has 0 aliphatic rings. The highest BCUT2D eigenvalue weighted by atomic mass is 32.1. The van der Waals surface area contributed by atoms with E-state index < -0.39 is 6.04 Å². The molecule has 0 aliphatic carbocycles. The van der Waals surface area contributed by atoms with Crippen molar-refractivity contribution in [2.24, 2.45) is 12.8 Å². The Kier molecular flexibility index (Phi) is 3.21. The molecule has 0 saturated heterocycles. The maximum absolute atomic E-state index is 11.8. The molecule has 0 saturated carbocycles. The second-order valence-electron chi connectivity index (χ2n) is 3.69. The standard InChI is InChI=1S/C10H13N5OS/c1-6-3-12-10(17-6)14-9(16)8(11)7-4-13-15(2)5-7/h3-5,8H,11H2,1-2H3,(H,12,14,16). The van der Waals surface area contributed by atoms with E-state index in [1.165, 1.54) is 11.3 Å². The predicted octanol–water partition coefficient (Wildman–Crippen LogP) is 0.824. The van der Waals surface area contributed by atoms with E-state index >= 15 is 0 Å². The van der Waals surface area contributed by atoms with Crippen molar-refractivity contribution >= 4 is 22.4 Å². The first-order valence-electron chi connectivity index (χ1n) is 5.03. The van der Waals surface area contributed by atoms with E-state index in [0.29, 0.717) is 10.7 Å². The molecule has 1 amide bonds. The van der Waals surface area contributed by atoms with Crippen LogP contribution >= 0.6 is 11.3 Å². The lowest BCUT2D eigenvalue weighted by atomic mass is 10.1. The molecule has 90 valence electrons. The summed E-state index contributed by atoms with van der Waals surface area (Å²) in [5.41, 5.74) is 6.50. The third kappa shape index (κ3) is 2.69. The molecule has 0 radical (unpaired) electrons. The van der Waals surface area contributed by atoms with Crippen LogP contribution in [0.1, 0.15) is 16.5 Å². The molecule has 3 N–H and O–H groups in total.